The van der Waals surface area contributed by atoms with E-state index in [1.54, 1.807) is 6.07 Å². The van der Waals surface area contributed by atoms with Gasteiger partial charge in [0.05, 0.1) is 16.5 Å². The summed E-state index contributed by atoms with van der Waals surface area (Å²) in [7, 11) is 0. The zero-order valence-corrected chi connectivity index (χ0v) is 11.9. The van der Waals surface area contributed by atoms with Gasteiger partial charge < -0.3 is 6.26 Å². The van der Waals surface area contributed by atoms with Crippen molar-refractivity contribution in [2.24, 2.45) is 0 Å². The molecule has 1 heterocycles. The van der Waals surface area contributed by atoms with Crippen LogP contribution >= 0.6 is 0 Å². The quantitative estimate of drug-likeness (QED) is 0.400. The summed E-state index contributed by atoms with van der Waals surface area (Å²) in [6.07, 6.45) is 0. The Labute approximate surface area is 124 Å². The molecule has 0 amide bonds. The fourth-order valence-electron chi connectivity index (χ4n) is 1.44. The Balaban J connectivity index is 0.00000162. The zero-order valence-electron chi connectivity index (χ0n) is 10.9. The van der Waals surface area contributed by atoms with E-state index in [2.05, 4.69) is 20.5 Å². The van der Waals surface area contributed by atoms with Crippen LogP contribution in [0.25, 0.3) is 10.8 Å². The molecule has 0 atom stereocenters. The van der Waals surface area contributed by atoms with Crippen molar-refractivity contribution in [2.75, 3.05) is 5.48 Å². The zero-order chi connectivity index (χ0) is 12.4. The maximum Gasteiger partial charge on any atom is 1.00 e. The molecule has 8 heteroatoms. The van der Waals surface area contributed by atoms with Crippen LogP contribution in [0.15, 0.2) is 27.8 Å². The Bertz CT molecular complexity index is 697. The first-order valence-electron chi connectivity index (χ1n) is 4.76. The fraction of sp³-hybridized carbons (Fsp3) is 0.100. The molecule has 0 spiro atoms. The van der Waals surface area contributed by atoms with Crippen LogP contribution in [-0.4, -0.2) is 16.2 Å². The van der Waals surface area contributed by atoms with Gasteiger partial charge in [0.25, 0.3) is 11.1 Å². The number of fused-ring (bicyclic) bond motifs is 1. The van der Waals surface area contributed by atoms with Crippen LogP contribution in [0.5, 0.6) is 0 Å². The van der Waals surface area contributed by atoms with Gasteiger partial charge in [-0.2, -0.15) is 0 Å². The van der Waals surface area contributed by atoms with Gasteiger partial charge in [0, 0.05) is 6.92 Å². The van der Waals surface area contributed by atoms with Gasteiger partial charge in [-0.1, -0.05) is 6.07 Å². The van der Waals surface area contributed by atoms with Gasteiger partial charge >= 0.3 is 35.5 Å². The maximum absolute atomic E-state index is 11.6. The van der Waals surface area contributed by atoms with Crippen molar-refractivity contribution >= 4 is 22.4 Å². The molecule has 3 N–H and O–H groups in total. The predicted octanol–water partition coefficient (Wildman–Crippen LogP) is -2.78. The SMILES string of the molecule is CC(=O)ONc1cccc2c(=O)[nH][nH]c(=O)c12.[H-].[Na+]. The number of aromatic amines is 2. The molecular weight excluding hydrogens is 249 g/mol. The summed E-state index contributed by atoms with van der Waals surface area (Å²) in [6.45, 7) is 1.22. The number of nitrogens with one attached hydrogen (secondary N) is 3. The van der Waals surface area contributed by atoms with Crippen LogP contribution in [-0.2, 0) is 9.63 Å². The van der Waals surface area contributed by atoms with Crippen molar-refractivity contribution in [3.63, 3.8) is 0 Å². The minimum atomic E-state index is -0.553. The molecule has 0 unspecified atom stereocenters. The van der Waals surface area contributed by atoms with Gasteiger partial charge in [-0.15, -0.1) is 0 Å². The topological polar surface area (TPSA) is 104 Å². The summed E-state index contributed by atoms with van der Waals surface area (Å²) in [5.74, 6) is -0.553. The Hall–Kier alpha value is -1.57. The molecule has 2 rings (SSSR count). The van der Waals surface area contributed by atoms with Gasteiger partial charge in [0.1, 0.15) is 0 Å². The van der Waals surface area contributed by atoms with Crippen LogP contribution in [0.4, 0.5) is 5.69 Å². The molecule has 0 saturated heterocycles. The minimum absolute atomic E-state index is 0. The molecule has 0 saturated carbocycles. The first-order valence-corrected chi connectivity index (χ1v) is 4.76. The molecule has 0 aliphatic heterocycles. The van der Waals surface area contributed by atoms with Crippen molar-refractivity contribution in [1.29, 1.82) is 0 Å². The largest absolute Gasteiger partial charge is 1.00 e. The molecule has 0 fully saturated rings. The van der Waals surface area contributed by atoms with Crippen molar-refractivity contribution < 1.29 is 40.6 Å². The summed E-state index contributed by atoms with van der Waals surface area (Å²) >= 11 is 0. The van der Waals surface area contributed by atoms with E-state index in [-0.39, 0.29) is 47.4 Å². The van der Waals surface area contributed by atoms with E-state index in [0.29, 0.717) is 0 Å². The molecule has 18 heavy (non-hydrogen) atoms. The van der Waals surface area contributed by atoms with Gasteiger partial charge in [-0.05, 0) is 12.1 Å². The Morgan fingerprint density at radius 3 is 2.61 bits per heavy atom. The van der Waals surface area contributed by atoms with E-state index in [4.69, 9.17) is 0 Å². The van der Waals surface area contributed by atoms with E-state index in [0.717, 1.165) is 0 Å². The molecule has 0 aliphatic rings. The van der Waals surface area contributed by atoms with Crippen LogP contribution < -0.4 is 46.2 Å². The summed E-state index contributed by atoms with van der Waals surface area (Å²) < 4.78 is 0. The molecular formula is C10H10N3NaO4. The molecule has 0 aliphatic carbocycles. The number of carbonyl (C=O) groups is 1. The summed E-state index contributed by atoms with van der Waals surface area (Å²) in [4.78, 5) is 38.3. The summed E-state index contributed by atoms with van der Waals surface area (Å²) in [6, 6.07) is 4.60. The monoisotopic (exact) mass is 259 g/mol. The smallest absolute Gasteiger partial charge is 1.00 e. The van der Waals surface area contributed by atoms with Crippen molar-refractivity contribution in [3.05, 3.63) is 38.9 Å². The number of aromatic nitrogens is 2. The Morgan fingerprint density at radius 1 is 1.28 bits per heavy atom. The number of hydrogen-bond acceptors (Lipinski definition) is 5. The van der Waals surface area contributed by atoms with E-state index in [1.165, 1.54) is 19.1 Å². The Morgan fingerprint density at radius 2 is 1.94 bits per heavy atom. The van der Waals surface area contributed by atoms with E-state index in [1.807, 2.05) is 0 Å². The predicted molar refractivity (Wildman–Crippen MR) is 61.7 cm³/mol. The van der Waals surface area contributed by atoms with Crippen LogP contribution in [0.2, 0.25) is 0 Å². The molecule has 90 valence electrons. The number of benzene rings is 1. The third kappa shape index (κ3) is 2.81. The summed E-state index contributed by atoms with van der Waals surface area (Å²) in [5, 5.41) is 4.75. The number of anilines is 1. The maximum atomic E-state index is 11.6. The normalized spacial score (nSPS) is 9.61. The van der Waals surface area contributed by atoms with Gasteiger partial charge in [-0.25, -0.2) is 5.48 Å². The van der Waals surface area contributed by atoms with Crippen molar-refractivity contribution in [1.82, 2.24) is 10.2 Å². The second kappa shape index (κ2) is 5.85. The first-order chi connectivity index (χ1) is 8.09. The molecule has 1 aromatic heterocycles. The number of rotatable bonds is 2. The molecule has 2 aromatic rings. The van der Waals surface area contributed by atoms with Crippen molar-refractivity contribution in [3.8, 4) is 0 Å². The molecule has 0 bridgehead atoms. The second-order valence-electron chi connectivity index (χ2n) is 3.33. The van der Waals surface area contributed by atoms with Crippen LogP contribution in [0.3, 0.4) is 0 Å². The number of carbonyl (C=O) groups excluding carboxylic acids is 1. The Kier molecular flexibility index (Phi) is 4.71. The average molecular weight is 259 g/mol. The average Bonchev–Trinajstić information content (AvgIpc) is 2.31. The van der Waals surface area contributed by atoms with Crippen LogP contribution in [0, 0.1) is 0 Å². The van der Waals surface area contributed by atoms with Crippen molar-refractivity contribution in [2.45, 2.75) is 6.92 Å². The minimum Gasteiger partial charge on any atom is -1.00 e. The molecule has 0 radical (unpaired) electrons. The fourth-order valence-corrected chi connectivity index (χ4v) is 1.44. The van der Waals surface area contributed by atoms with E-state index in [9.17, 15) is 14.4 Å². The number of H-pyrrole nitrogens is 2. The van der Waals surface area contributed by atoms with E-state index >= 15 is 0 Å². The number of hydrogen-bond donors (Lipinski definition) is 3. The first kappa shape index (κ1) is 14.5. The third-order valence-corrected chi connectivity index (χ3v) is 2.13. The van der Waals surface area contributed by atoms with E-state index < -0.39 is 17.1 Å². The van der Waals surface area contributed by atoms with Crippen LogP contribution in [0.1, 0.15) is 8.35 Å². The third-order valence-electron chi connectivity index (χ3n) is 2.13. The summed E-state index contributed by atoms with van der Waals surface area (Å²) in [5.41, 5.74) is 1.69. The van der Waals surface area contributed by atoms with Gasteiger partial charge in [-0.3, -0.25) is 24.6 Å². The van der Waals surface area contributed by atoms with Gasteiger partial charge in [0.2, 0.25) is 0 Å². The molecule has 1 aromatic carbocycles. The second-order valence-corrected chi connectivity index (χ2v) is 3.33. The standard InChI is InChI=1S/C10H9N3O4.Na.H/c1-5(14)17-13-7-4-2-3-6-8(7)10(16)12-11-9(6)15;;/h2-4,13H,1H3,(H,11,15)(H,12,16);;/q;+1;-1. The molecule has 7 nitrogen and oxygen atoms in total. The van der Waals surface area contributed by atoms with Gasteiger partial charge in [0.15, 0.2) is 0 Å².